The zero-order valence-electron chi connectivity index (χ0n) is 4.74. The van der Waals surface area contributed by atoms with E-state index < -0.39 is 0 Å². The van der Waals surface area contributed by atoms with Gasteiger partial charge in [0.1, 0.15) is 12.5 Å². The Morgan fingerprint density at radius 1 is 1.56 bits per heavy atom. The zero-order chi connectivity index (χ0) is 6.53. The Bertz CT molecular complexity index is 154. The van der Waals surface area contributed by atoms with Crippen molar-refractivity contribution in [1.29, 1.82) is 0 Å². The summed E-state index contributed by atoms with van der Waals surface area (Å²) >= 11 is 0. The standard InChI is InChI=1S/C6H6O3/c1-2-8-6-5-7-3-4-9-6/h2-5H,1H2. The van der Waals surface area contributed by atoms with Gasteiger partial charge in [-0.05, 0) is 0 Å². The van der Waals surface area contributed by atoms with Gasteiger partial charge in [-0.3, -0.25) is 0 Å². The molecule has 0 saturated carbocycles. The molecule has 0 spiro atoms. The lowest BCUT2D eigenvalue weighted by Crippen LogP contribution is -1.92. The minimum Gasteiger partial charge on any atom is -0.462 e. The first-order valence-electron chi connectivity index (χ1n) is 2.38. The molecule has 0 atom stereocenters. The fraction of sp³-hybridized carbons (Fsp3) is 0. The highest BCUT2D eigenvalue weighted by Crippen LogP contribution is 2.05. The minimum atomic E-state index is 0.285. The van der Waals surface area contributed by atoms with Gasteiger partial charge in [-0.1, -0.05) is 6.58 Å². The number of ether oxygens (including phenoxy) is 3. The van der Waals surface area contributed by atoms with Gasteiger partial charge in [0, 0.05) is 0 Å². The second-order valence-corrected chi connectivity index (χ2v) is 1.25. The smallest absolute Gasteiger partial charge is 0.326 e. The van der Waals surface area contributed by atoms with E-state index in [1.807, 2.05) is 0 Å². The second kappa shape index (κ2) is 2.81. The maximum atomic E-state index is 4.78. The van der Waals surface area contributed by atoms with Crippen LogP contribution in [-0.2, 0) is 14.2 Å². The van der Waals surface area contributed by atoms with E-state index in [2.05, 4.69) is 6.58 Å². The lowest BCUT2D eigenvalue weighted by molar-refractivity contribution is 0.112. The van der Waals surface area contributed by atoms with Crippen LogP contribution in [0.5, 0.6) is 0 Å². The van der Waals surface area contributed by atoms with Crippen LogP contribution in [0.25, 0.3) is 0 Å². The molecule has 3 heteroatoms. The van der Waals surface area contributed by atoms with E-state index >= 15 is 0 Å². The Labute approximate surface area is 52.8 Å². The van der Waals surface area contributed by atoms with Gasteiger partial charge < -0.3 is 14.2 Å². The van der Waals surface area contributed by atoms with Crippen molar-refractivity contribution < 1.29 is 14.2 Å². The van der Waals surface area contributed by atoms with E-state index in [9.17, 15) is 0 Å². The molecule has 48 valence electrons. The molecule has 1 aliphatic heterocycles. The predicted molar refractivity (Wildman–Crippen MR) is 30.7 cm³/mol. The van der Waals surface area contributed by atoms with Gasteiger partial charge in [0.15, 0.2) is 6.26 Å². The van der Waals surface area contributed by atoms with Crippen molar-refractivity contribution in [3.05, 3.63) is 37.6 Å². The molecular weight excluding hydrogens is 120 g/mol. The summed E-state index contributed by atoms with van der Waals surface area (Å²) in [6, 6.07) is 0. The van der Waals surface area contributed by atoms with Gasteiger partial charge in [-0.25, -0.2) is 0 Å². The Balaban J connectivity index is 2.40. The maximum Gasteiger partial charge on any atom is 0.326 e. The van der Waals surface area contributed by atoms with Crippen molar-refractivity contribution >= 4 is 0 Å². The van der Waals surface area contributed by atoms with Crippen molar-refractivity contribution in [2.75, 3.05) is 0 Å². The van der Waals surface area contributed by atoms with Gasteiger partial charge in [-0.15, -0.1) is 0 Å². The molecule has 0 bridgehead atoms. The summed E-state index contributed by atoms with van der Waals surface area (Å²) in [6.07, 6.45) is 5.37. The van der Waals surface area contributed by atoms with Crippen molar-refractivity contribution in [3.63, 3.8) is 0 Å². The largest absolute Gasteiger partial charge is 0.462 e. The number of hydrogen-bond donors (Lipinski definition) is 0. The lowest BCUT2D eigenvalue weighted by atomic mass is 10.8. The van der Waals surface area contributed by atoms with E-state index in [-0.39, 0.29) is 5.95 Å². The van der Waals surface area contributed by atoms with E-state index in [1.165, 1.54) is 25.0 Å². The topological polar surface area (TPSA) is 27.7 Å². The molecule has 0 aromatic rings. The first-order chi connectivity index (χ1) is 4.43. The molecule has 0 aromatic heterocycles. The summed E-state index contributed by atoms with van der Waals surface area (Å²) < 4.78 is 14.2. The van der Waals surface area contributed by atoms with Crippen LogP contribution in [0.3, 0.4) is 0 Å². The number of hydrogen-bond acceptors (Lipinski definition) is 3. The molecular formula is C6H6O3. The molecule has 0 saturated heterocycles. The monoisotopic (exact) mass is 126 g/mol. The molecule has 3 nitrogen and oxygen atoms in total. The van der Waals surface area contributed by atoms with Crippen molar-refractivity contribution in [1.82, 2.24) is 0 Å². The second-order valence-electron chi connectivity index (χ2n) is 1.25. The van der Waals surface area contributed by atoms with E-state index in [1.54, 1.807) is 0 Å². The van der Waals surface area contributed by atoms with Gasteiger partial charge in [-0.2, -0.15) is 0 Å². The predicted octanol–water partition coefficient (Wildman–Crippen LogP) is 1.46. The molecule has 0 amide bonds. The third-order valence-corrected chi connectivity index (χ3v) is 0.682. The molecule has 0 aromatic carbocycles. The molecule has 0 N–H and O–H groups in total. The Morgan fingerprint density at radius 3 is 3.00 bits per heavy atom. The SMILES string of the molecule is C=COC1=COC=CO1. The van der Waals surface area contributed by atoms with Crippen LogP contribution in [0.15, 0.2) is 37.6 Å². The van der Waals surface area contributed by atoms with Gasteiger partial charge in [0.05, 0.1) is 6.26 Å². The highest BCUT2D eigenvalue weighted by Gasteiger charge is 1.97. The van der Waals surface area contributed by atoms with Crippen LogP contribution in [0.4, 0.5) is 0 Å². The van der Waals surface area contributed by atoms with E-state index in [4.69, 9.17) is 14.2 Å². The maximum absolute atomic E-state index is 4.78. The Hall–Kier alpha value is -1.38. The fourth-order valence-corrected chi connectivity index (χ4v) is 0.387. The van der Waals surface area contributed by atoms with E-state index in [0.29, 0.717) is 0 Å². The fourth-order valence-electron chi connectivity index (χ4n) is 0.387. The molecule has 1 aliphatic rings. The van der Waals surface area contributed by atoms with E-state index in [0.717, 1.165) is 0 Å². The van der Waals surface area contributed by atoms with Crippen LogP contribution < -0.4 is 0 Å². The third-order valence-electron chi connectivity index (χ3n) is 0.682. The van der Waals surface area contributed by atoms with Crippen LogP contribution >= 0.6 is 0 Å². The average molecular weight is 126 g/mol. The highest BCUT2D eigenvalue weighted by molar-refractivity contribution is 4.87. The summed E-state index contributed by atoms with van der Waals surface area (Å²) in [5.41, 5.74) is 0. The van der Waals surface area contributed by atoms with Crippen LogP contribution in [0, 0.1) is 0 Å². The molecule has 1 rings (SSSR count). The summed E-state index contributed by atoms with van der Waals surface area (Å²) in [5, 5.41) is 0. The molecule has 9 heavy (non-hydrogen) atoms. The molecule has 0 radical (unpaired) electrons. The quantitative estimate of drug-likeness (QED) is 0.524. The first-order valence-corrected chi connectivity index (χ1v) is 2.38. The molecule has 0 aliphatic carbocycles. The minimum absolute atomic E-state index is 0.285. The van der Waals surface area contributed by atoms with Crippen molar-refractivity contribution in [3.8, 4) is 0 Å². The van der Waals surface area contributed by atoms with Crippen LogP contribution in [-0.4, -0.2) is 0 Å². The Kier molecular flexibility index (Phi) is 1.80. The summed E-state index contributed by atoms with van der Waals surface area (Å²) in [6.45, 7) is 3.33. The summed E-state index contributed by atoms with van der Waals surface area (Å²) in [5.74, 6) is 0.285. The first kappa shape index (κ1) is 5.75. The molecule has 0 fully saturated rings. The van der Waals surface area contributed by atoms with Crippen molar-refractivity contribution in [2.24, 2.45) is 0 Å². The van der Waals surface area contributed by atoms with Crippen LogP contribution in [0.1, 0.15) is 0 Å². The lowest BCUT2D eigenvalue weighted by Gasteiger charge is -2.06. The highest BCUT2D eigenvalue weighted by atomic mass is 16.7. The zero-order valence-corrected chi connectivity index (χ0v) is 4.74. The molecule has 0 unspecified atom stereocenters. The number of rotatable bonds is 2. The van der Waals surface area contributed by atoms with Gasteiger partial charge in [0.2, 0.25) is 0 Å². The summed E-state index contributed by atoms with van der Waals surface area (Å²) in [4.78, 5) is 0. The third kappa shape index (κ3) is 1.53. The summed E-state index contributed by atoms with van der Waals surface area (Å²) in [7, 11) is 0. The van der Waals surface area contributed by atoms with Crippen LogP contribution in [0.2, 0.25) is 0 Å². The molecule has 1 heterocycles. The van der Waals surface area contributed by atoms with Crippen molar-refractivity contribution in [2.45, 2.75) is 0 Å². The average Bonchev–Trinajstić information content (AvgIpc) is 1.91. The van der Waals surface area contributed by atoms with Gasteiger partial charge >= 0.3 is 5.95 Å². The Morgan fingerprint density at radius 2 is 2.44 bits per heavy atom. The normalized spacial score (nSPS) is 14.9. The van der Waals surface area contributed by atoms with Gasteiger partial charge in [0.25, 0.3) is 0 Å².